The molecule has 1 N–H and O–H groups in total. The Morgan fingerprint density at radius 3 is 2.62 bits per heavy atom. The van der Waals surface area contributed by atoms with Crippen molar-refractivity contribution in [2.45, 2.75) is 38.6 Å². The summed E-state index contributed by atoms with van der Waals surface area (Å²) in [5.41, 5.74) is 0.687. The Balaban J connectivity index is 0.00000220. The molecule has 1 heterocycles. The highest BCUT2D eigenvalue weighted by Gasteiger charge is 2.26. The van der Waals surface area contributed by atoms with Crippen molar-refractivity contribution < 1.29 is 4.39 Å². The van der Waals surface area contributed by atoms with E-state index in [2.05, 4.69) is 17.1 Å². The van der Waals surface area contributed by atoms with E-state index >= 15 is 0 Å². The zero-order chi connectivity index (χ0) is 14.4. The smallest absolute Gasteiger partial charge is 0.129 e. The van der Waals surface area contributed by atoms with Gasteiger partial charge in [-0.2, -0.15) is 0 Å². The second kappa shape index (κ2) is 9.62. The van der Waals surface area contributed by atoms with Crippen molar-refractivity contribution >= 4 is 24.0 Å². The van der Waals surface area contributed by atoms with Gasteiger partial charge >= 0.3 is 0 Å². The number of halogens is 3. The molecule has 5 heteroatoms. The third kappa shape index (κ3) is 5.10. The molecule has 21 heavy (non-hydrogen) atoms. The van der Waals surface area contributed by atoms with Gasteiger partial charge in [0.25, 0.3) is 0 Å². The third-order valence-corrected chi connectivity index (χ3v) is 4.34. The van der Waals surface area contributed by atoms with Crippen molar-refractivity contribution in [1.29, 1.82) is 0 Å². The Kier molecular flexibility index (Phi) is 8.57. The summed E-state index contributed by atoms with van der Waals surface area (Å²) in [5, 5.41) is 3.91. The minimum atomic E-state index is -0.169. The third-order valence-electron chi connectivity index (χ3n) is 4.01. The molecule has 0 radical (unpaired) electrons. The van der Waals surface area contributed by atoms with Gasteiger partial charge in [0.05, 0.1) is 0 Å². The number of rotatable bonds is 6. The van der Waals surface area contributed by atoms with E-state index in [1.807, 2.05) is 0 Å². The van der Waals surface area contributed by atoms with Gasteiger partial charge in [0.2, 0.25) is 0 Å². The van der Waals surface area contributed by atoms with Crippen LogP contribution in [0.1, 0.15) is 44.2 Å². The molecule has 0 amide bonds. The van der Waals surface area contributed by atoms with Crippen molar-refractivity contribution in [3.05, 3.63) is 34.6 Å². The highest BCUT2D eigenvalue weighted by Crippen LogP contribution is 2.33. The molecule has 1 aliphatic rings. The van der Waals surface area contributed by atoms with E-state index in [0.29, 0.717) is 10.6 Å². The van der Waals surface area contributed by atoms with Crippen molar-refractivity contribution in [3.8, 4) is 0 Å². The van der Waals surface area contributed by atoms with Crippen LogP contribution in [0.25, 0.3) is 0 Å². The summed E-state index contributed by atoms with van der Waals surface area (Å²) in [6.45, 7) is 6.05. The molecule has 1 aromatic rings. The van der Waals surface area contributed by atoms with Gasteiger partial charge in [-0.25, -0.2) is 4.39 Å². The monoisotopic (exact) mass is 334 g/mol. The maximum absolute atomic E-state index is 14.2. The van der Waals surface area contributed by atoms with Crippen molar-refractivity contribution in [3.63, 3.8) is 0 Å². The second-order valence-corrected chi connectivity index (χ2v) is 5.84. The first-order valence-corrected chi connectivity index (χ1v) is 8.00. The van der Waals surface area contributed by atoms with Gasteiger partial charge in [-0.3, -0.25) is 4.90 Å². The number of unbranched alkanes of at least 4 members (excludes halogenated alkanes) is 2. The summed E-state index contributed by atoms with van der Waals surface area (Å²) < 4.78 is 14.2. The van der Waals surface area contributed by atoms with E-state index in [-0.39, 0.29) is 24.3 Å². The lowest BCUT2D eigenvalue weighted by molar-refractivity contribution is 0.159. The zero-order valence-corrected chi connectivity index (χ0v) is 14.2. The molecule has 2 rings (SSSR count). The van der Waals surface area contributed by atoms with Crippen LogP contribution in [0.3, 0.4) is 0 Å². The molecule has 1 atom stereocenters. The maximum atomic E-state index is 14.2. The lowest BCUT2D eigenvalue weighted by Gasteiger charge is -2.36. The Bertz CT molecular complexity index is 402. The number of piperazine rings is 1. The predicted octanol–water partition coefficient (Wildman–Crippen LogP) is 4.43. The summed E-state index contributed by atoms with van der Waals surface area (Å²) in [6.07, 6.45) is 4.47. The van der Waals surface area contributed by atoms with Crippen LogP contribution >= 0.6 is 24.0 Å². The van der Waals surface area contributed by atoms with Crippen molar-refractivity contribution in [2.75, 3.05) is 26.2 Å². The zero-order valence-electron chi connectivity index (χ0n) is 12.6. The van der Waals surface area contributed by atoms with E-state index in [4.69, 9.17) is 11.6 Å². The Labute approximate surface area is 138 Å². The molecular weight excluding hydrogens is 310 g/mol. The highest BCUT2D eigenvalue weighted by molar-refractivity contribution is 6.31. The van der Waals surface area contributed by atoms with Crippen LogP contribution in [-0.4, -0.2) is 31.1 Å². The summed E-state index contributed by atoms with van der Waals surface area (Å²) in [5.74, 6) is -0.169. The minimum absolute atomic E-state index is 0. The van der Waals surface area contributed by atoms with Gasteiger partial charge in [-0.15, -0.1) is 12.4 Å². The van der Waals surface area contributed by atoms with E-state index in [0.717, 1.165) is 39.0 Å². The molecular formula is C16H25Cl2FN2. The molecule has 1 aliphatic heterocycles. The molecule has 0 spiro atoms. The average molecular weight is 335 g/mol. The predicted molar refractivity (Wildman–Crippen MR) is 90.0 cm³/mol. The second-order valence-electron chi connectivity index (χ2n) is 5.43. The van der Waals surface area contributed by atoms with Crippen LogP contribution in [-0.2, 0) is 0 Å². The Hall–Kier alpha value is -0.350. The summed E-state index contributed by atoms with van der Waals surface area (Å²) in [7, 11) is 0. The van der Waals surface area contributed by atoms with Gasteiger partial charge in [0.15, 0.2) is 0 Å². The van der Waals surface area contributed by atoms with Crippen LogP contribution in [0.15, 0.2) is 18.2 Å². The molecule has 2 nitrogen and oxygen atoms in total. The Morgan fingerprint density at radius 1 is 1.29 bits per heavy atom. The average Bonchev–Trinajstić information content (AvgIpc) is 2.46. The largest absolute Gasteiger partial charge is 0.314 e. The van der Waals surface area contributed by atoms with E-state index in [1.54, 1.807) is 12.1 Å². The molecule has 1 saturated heterocycles. The normalized spacial score (nSPS) is 17.3. The number of nitrogens with one attached hydrogen (secondary N) is 1. The van der Waals surface area contributed by atoms with E-state index in [9.17, 15) is 4.39 Å². The molecule has 0 aromatic heterocycles. The molecule has 0 bridgehead atoms. The SMILES string of the molecule is CCCCC[C@@H](c1c(F)cccc1Cl)N1CCNCC1.Cl. The van der Waals surface area contributed by atoms with Crippen LogP contribution in [0, 0.1) is 5.82 Å². The number of hydrogen-bond acceptors (Lipinski definition) is 2. The summed E-state index contributed by atoms with van der Waals surface area (Å²) in [4.78, 5) is 2.37. The van der Waals surface area contributed by atoms with Crippen LogP contribution < -0.4 is 5.32 Å². The molecule has 0 saturated carbocycles. The number of nitrogens with zero attached hydrogens (tertiary/aromatic N) is 1. The van der Waals surface area contributed by atoms with E-state index in [1.165, 1.54) is 18.9 Å². The molecule has 1 aromatic carbocycles. The standard InChI is InChI=1S/C16H24ClFN2.ClH/c1-2-3-4-8-15(20-11-9-19-10-12-20)16-13(17)6-5-7-14(16)18;/h5-7,15,19H,2-4,8-12H2,1H3;1H/t15-;/m0./s1. The lowest BCUT2D eigenvalue weighted by atomic mass is 9.97. The lowest BCUT2D eigenvalue weighted by Crippen LogP contribution is -2.45. The first-order chi connectivity index (χ1) is 9.74. The first-order valence-electron chi connectivity index (χ1n) is 7.62. The van der Waals surface area contributed by atoms with Crippen LogP contribution in [0.4, 0.5) is 4.39 Å². The molecule has 1 fully saturated rings. The fourth-order valence-electron chi connectivity index (χ4n) is 2.92. The minimum Gasteiger partial charge on any atom is -0.314 e. The van der Waals surface area contributed by atoms with Gasteiger partial charge in [-0.1, -0.05) is 43.9 Å². The highest BCUT2D eigenvalue weighted by atomic mass is 35.5. The Morgan fingerprint density at radius 2 is 2.00 bits per heavy atom. The maximum Gasteiger partial charge on any atom is 0.129 e. The quantitative estimate of drug-likeness (QED) is 0.774. The summed E-state index contributed by atoms with van der Waals surface area (Å²) >= 11 is 6.27. The van der Waals surface area contributed by atoms with Gasteiger partial charge in [0.1, 0.15) is 5.82 Å². The topological polar surface area (TPSA) is 15.3 Å². The van der Waals surface area contributed by atoms with Gasteiger partial charge < -0.3 is 5.32 Å². The van der Waals surface area contributed by atoms with Crippen LogP contribution in [0.5, 0.6) is 0 Å². The van der Waals surface area contributed by atoms with Crippen LogP contribution in [0.2, 0.25) is 5.02 Å². The summed E-state index contributed by atoms with van der Waals surface area (Å²) in [6, 6.07) is 5.12. The molecule has 0 unspecified atom stereocenters. The van der Waals surface area contributed by atoms with Gasteiger partial charge in [0, 0.05) is 42.8 Å². The van der Waals surface area contributed by atoms with Crippen molar-refractivity contribution in [1.82, 2.24) is 10.2 Å². The number of hydrogen-bond donors (Lipinski definition) is 1. The molecule has 120 valence electrons. The fraction of sp³-hybridized carbons (Fsp3) is 0.625. The van der Waals surface area contributed by atoms with Gasteiger partial charge in [-0.05, 0) is 18.6 Å². The number of benzene rings is 1. The van der Waals surface area contributed by atoms with Crippen molar-refractivity contribution in [2.24, 2.45) is 0 Å². The van der Waals surface area contributed by atoms with E-state index < -0.39 is 0 Å². The molecule has 0 aliphatic carbocycles. The fourth-order valence-corrected chi connectivity index (χ4v) is 3.21. The first kappa shape index (κ1) is 18.7.